The third-order valence-electron chi connectivity index (χ3n) is 6.55. The molecule has 218 valence electrons. The summed E-state index contributed by atoms with van der Waals surface area (Å²) in [5.41, 5.74) is 8.76. The molecule has 0 fully saturated rings. The number of halogens is 2. The molecule has 2 N–H and O–H groups in total. The van der Waals surface area contributed by atoms with Gasteiger partial charge in [-0.3, -0.25) is 4.79 Å². The first-order valence-electron chi connectivity index (χ1n) is 13.3. The van der Waals surface area contributed by atoms with E-state index in [-0.39, 0.29) is 36.3 Å². The molecule has 0 unspecified atom stereocenters. The summed E-state index contributed by atoms with van der Waals surface area (Å²) in [6.45, 7) is 2.72. The Hall–Kier alpha value is -3.96. The number of rotatable bonds is 14. The molecule has 41 heavy (non-hydrogen) atoms. The average molecular weight is 586 g/mol. The van der Waals surface area contributed by atoms with Crippen LogP contribution in [-0.2, 0) is 38.6 Å². The van der Waals surface area contributed by atoms with Crippen LogP contribution < -0.4 is 10.5 Å². The van der Waals surface area contributed by atoms with Crippen LogP contribution in [0, 0.1) is 5.82 Å². The molecule has 0 atom stereocenters. The second-order valence-electron chi connectivity index (χ2n) is 9.26. The molecule has 0 radical (unpaired) electrons. The Kier molecular flexibility index (Phi) is 10.3. The number of fused-ring (bicyclic) bond motifs is 3. The number of methoxy groups -OCH3 is 1. The number of para-hydroxylation sites is 1. The summed E-state index contributed by atoms with van der Waals surface area (Å²) in [5.74, 6) is -0.798. The number of benzene rings is 2. The first-order chi connectivity index (χ1) is 19.9. The molecule has 0 aliphatic carbocycles. The van der Waals surface area contributed by atoms with E-state index in [2.05, 4.69) is 9.55 Å². The number of imidazole rings is 1. The van der Waals surface area contributed by atoms with Crippen molar-refractivity contribution >= 4 is 51.2 Å². The van der Waals surface area contributed by atoms with Gasteiger partial charge in [0.15, 0.2) is 24.0 Å². The smallest absolute Gasteiger partial charge is 0.344 e. The number of amides is 1. The van der Waals surface area contributed by atoms with Crippen LogP contribution in [0.3, 0.4) is 0 Å². The lowest BCUT2D eigenvalue weighted by Gasteiger charge is -2.23. The highest BCUT2D eigenvalue weighted by molar-refractivity contribution is 6.27. The third kappa shape index (κ3) is 7.04. The topological polar surface area (TPSA) is 122 Å². The van der Waals surface area contributed by atoms with Gasteiger partial charge in [0.25, 0.3) is 0 Å². The Labute approximate surface area is 242 Å². The first-order valence-corrected chi connectivity index (χ1v) is 13.8. The zero-order valence-corrected chi connectivity index (χ0v) is 23.8. The predicted molar refractivity (Wildman–Crippen MR) is 154 cm³/mol. The van der Waals surface area contributed by atoms with Crippen LogP contribution in [0.15, 0.2) is 42.5 Å². The number of alkyl halides is 1. The maximum absolute atomic E-state index is 15.2. The molecule has 0 spiro atoms. The average Bonchev–Trinajstić information content (AvgIpc) is 3.34. The Morgan fingerprint density at radius 2 is 1.95 bits per heavy atom. The summed E-state index contributed by atoms with van der Waals surface area (Å²) in [4.78, 5) is 35.2. The third-order valence-corrected chi connectivity index (χ3v) is 6.78. The van der Waals surface area contributed by atoms with Gasteiger partial charge in [0.1, 0.15) is 17.2 Å². The lowest BCUT2D eigenvalue weighted by Crippen LogP contribution is -2.33. The summed E-state index contributed by atoms with van der Waals surface area (Å²) in [7, 11) is 1.63. The molecule has 12 heteroatoms. The van der Waals surface area contributed by atoms with E-state index in [0.717, 1.165) is 22.2 Å². The van der Waals surface area contributed by atoms with Gasteiger partial charge in [-0.15, -0.1) is 11.6 Å². The van der Waals surface area contributed by atoms with Crippen molar-refractivity contribution in [3.8, 4) is 5.75 Å². The van der Waals surface area contributed by atoms with Crippen molar-refractivity contribution < 1.29 is 28.2 Å². The molecule has 10 nitrogen and oxygen atoms in total. The van der Waals surface area contributed by atoms with Crippen LogP contribution in [0.2, 0.25) is 0 Å². The first kappa shape index (κ1) is 30.0. The molecule has 0 saturated carbocycles. The zero-order valence-electron chi connectivity index (χ0n) is 23.1. The molecular formula is C29H33ClFN5O5. The summed E-state index contributed by atoms with van der Waals surface area (Å²) < 4.78 is 32.7. The number of aryl methyl sites for hydroxylation is 1. The van der Waals surface area contributed by atoms with E-state index >= 15 is 4.39 Å². The largest absolute Gasteiger partial charge is 0.479 e. The van der Waals surface area contributed by atoms with E-state index < -0.39 is 18.4 Å². The van der Waals surface area contributed by atoms with E-state index in [4.69, 9.17) is 36.5 Å². The van der Waals surface area contributed by atoms with E-state index in [0.29, 0.717) is 43.9 Å². The molecule has 0 aliphatic heterocycles. The fourth-order valence-corrected chi connectivity index (χ4v) is 4.83. The van der Waals surface area contributed by atoms with Gasteiger partial charge in [0, 0.05) is 44.1 Å². The van der Waals surface area contributed by atoms with E-state index in [1.54, 1.807) is 26.2 Å². The van der Waals surface area contributed by atoms with Crippen LogP contribution in [0.1, 0.15) is 24.7 Å². The van der Waals surface area contributed by atoms with Crippen molar-refractivity contribution in [2.45, 2.75) is 32.9 Å². The number of hydrogen-bond donors (Lipinski definition) is 1. The molecule has 2 aromatic carbocycles. The summed E-state index contributed by atoms with van der Waals surface area (Å²) >= 11 is 5.91. The number of nitrogens with zero attached hydrogens (tertiary/aromatic N) is 4. The maximum Gasteiger partial charge on any atom is 0.344 e. The molecular weight excluding hydrogens is 553 g/mol. The Balaban J connectivity index is 1.55. The normalized spacial score (nSPS) is 11.2. The van der Waals surface area contributed by atoms with Crippen LogP contribution in [0.4, 0.5) is 10.2 Å². The molecule has 2 aromatic heterocycles. The highest BCUT2D eigenvalue weighted by Crippen LogP contribution is 2.29. The molecule has 4 rings (SSSR count). The Morgan fingerprint density at radius 3 is 2.71 bits per heavy atom. The Bertz CT molecular complexity index is 1530. The lowest BCUT2D eigenvalue weighted by atomic mass is 10.1. The number of carbonyl (C=O) groups excluding carboxylic acids is 2. The number of aromatic nitrogens is 3. The monoisotopic (exact) mass is 585 g/mol. The fraction of sp³-hybridized carbons (Fsp3) is 0.379. The number of pyridine rings is 1. The standard InChI is InChI=1S/C29H33ClFN5O5/c1-3-40-25(38)18-41-22-11-6-8-19(26(22)31)17-35(24(37)16-30)13-7-14-36-23(12-15-39-2)34-27-28(36)20-9-4-5-10-21(20)33-29(27)32/h4-6,8-11H,3,7,12-18H2,1-2H3,(H2,32,33). The maximum atomic E-state index is 15.2. The molecule has 1 amide bonds. The van der Waals surface area contributed by atoms with Crippen LogP contribution in [0.5, 0.6) is 5.75 Å². The Morgan fingerprint density at radius 1 is 1.15 bits per heavy atom. The van der Waals surface area contributed by atoms with Gasteiger partial charge in [0.05, 0.1) is 24.2 Å². The molecule has 4 aromatic rings. The number of carbonyl (C=O) groups is 2. The minimum atomic E-state index is -0.652. The van der Waals surface area contributed by atoms with Crippen LogP contribution in [-0.4, -0.2) is 70.7 Å². The highest BCUT2D eigenvalue weighted by Gasteiger charge is 2.20. The summed E-state index contributed by atoms with van der Waals surface area (Å²) in [6.07, 6.45) is 1.10. The van der Waals surface area contributed by atoms with Gasteiger partial charge in [-0.05, 0) is 25.5 Å². The second kappa shape index (κ2) is 14.1. The minimum absolute atomic E-state index is 0.0188. The number of nitrogen functional groups attached to an aromatic ring is 1. The molecule has 0 aliphatic rings. The van der Waals surface area contributed by atoms with Gasteiger partial charge < -0.3 is 29.4 Å². The highest BCUT2D eigenvalue weighted by atomic mass is 35.5. The lowest BCUT2D eigenvalue weighted by molar-refractivity contribution is -0.145. The van der Waals surface area contributed by atoms with E-state index in [1.165, 1.54) is 11.0 Å². The minimum Gasteiger partial charge on any atom is -0.479 e. The SMILES string of the molecule is CCOC(=O)COc1cccc(CN(CCCn2c(CCOC)nc3c(N)nc4ccccc4c32)C(=O)CCl)c1F. The quantitative estimate of drug-likeness (QED) is 0.173. The van der Waals surface area contributed by atoms with Gasteiger partial charge in [-0.1, -0.05) is 30.3 Å². The summed E-state index contributed by atoms with van der Waals surface area (Å²) in [6, 6.07) is 12.3. The van der Waals surface area contributed by atoms with E-state index in [1.807, 2.05) is 24.3 Å². The fourth-order valence-electron chi connectivity index (χ4n) is 4.66. The van der Waals surface area contributed by atoms with Crippen molar-refractivity contribution in [2.24, 2.45) is 0 Å². The predicted octanol–water partition coefficient (Wildman–Crippen LogP) is 4.09. The van der Waals surface area contributed by atoms with Crippen molar-refractivity contribution in [3.63, 3.8) is 0 Å². The molecule has 2 heterocycles. The molecule has 0 bridgehead atoms. The van der Waals surface area contributed by atoms with Crippen LogP contribution in [0.25, 0.3) is 21.9 Å². The van der Waals surface area contributed by atoms with Crippen molar-refractivity contribution in [3.05, 3.63) is 59.7 Å². The number of ether oxygens (including phenoxy) is 3. The van der Waals surface area contributed by atoms with Gasteiger partial charge in [0.2, 0.25) is 5.91 Å². The molecule has 0 saturated heterocycles. The van der Waals surface area contributed by atoms with E-state index in [9.17, 15) is 9.59 Å². The van der Waals surface area contributed by atoms with Crippen molar-refractivity contribution in [2.75, 3.05) is 45.1 Å². The number of esters is 1. The van der Waals surface area contributed by atoms with Gasteiger partial charge in [-0.2, -0.15) is 0 Å². The van der Waals surface area contributed by atoms with Crippen molar-refractivity contribution in [1.82, 2.24) is 19.4 Å². The number of anilines is 1. The number of nitrogens with two attached hydrogens (primary N) is 1. The van der Waals surface area contributed by atoms with Crippen molar-refractivity contribution in [1.29, 1.82) is 0 Å². The second-order valence-corrected chi connectivity index (χ2v) is 9.53. The zero-order chi connectivity index (χ0) is 29.4. The summed E-state index contributed by atoms with van der Waals surface area (Å²) in [5, 5.41) is 0.920. The van der Waals surface area contributed by atoms with Gasteiger partial charge >= 0.3 is 5.97 Å². The van der Waals surface area contributed by atoms with Crippen LogP contribution >= 0.6 is 11.6 Å². The number of hydrogen-bond acceptors (Lipinski definition) is 8. The van der Waals surface area contributed by atoms with Gasteiger partial charge in [-0.25, -0.2) is 19.2 Å².